The highest BCUT2D eigenvalue weighted by Crippen LogP contribution is 2.43. The molecule has 3 fully saturated rings. The van der Waals surface area contributed by atoms with Crippen molar-refractivity contribution in [3.8, 4) is 0 Å². The van der Waals surface area contributed by atoms with Crippen LogP contribution in [0.4, 0.5) is 9.18 Å². The fourth-order valence-electron chi connectivity index (χ4n) is 2.56. The topological polar surface area (TPSA) is 29.5 Å². The largest absolute Gasteiger partial charge is 0.445 e. The summed E-state index contributed by atoms with van der Waals surface area (Å²) in [5, 5.41) is 0. The highest BCUT2D eigenvalue weighted by molar-refractivity contribution is 5.69. The first-order valence-corrected chi connectivity index (χ1v) is 5.87. The van der Waals surface area contributed by atoms with Gasteiger partial charge in [-0.05, 0) is 12.0 Å². The van der Waals surface area contributed by atoms with Crippen LogP contribution >= 0.6 is 0 Å². The van der Waals surface area contributed by atoms with E-state index < -0.39 is 6.17 Å². The summed E-state index contributed by atoms with van der Waals surface area (Å²) in [6.07, 6.45) is -0.428. The second kappa shape index (κ2) is 4.02. The molecule has 1 amide bonds. The van der Waals surface area contributed by atoms with Gasteiger partial charge >= 0.3 is 6.09 Å². The van der Waals surface area contributed by atoms with Gasteiger partial charge in [0, 0.05) is 12.5 Å². The summed E-state index contributed by atoms with van der Waals surface area (Å²) < 4.78 is 18.5. The Balaban J connectivity index is 1.55. The van der Waals surface area contributed by atoms with Crippen molar-refractivity contribution in [1.82, 2.24) is 4.90 Å². The lowest BCUT2D eigenvalue weighted by Crippen LogP contribution is -2.42. The van der Waals surface area contributed by atoms with Crippen molar-refractivity contribution in [3.05, 3.63) is 35.9 Å². The Morgan fingerprint density at radius 1 is 1.41 bits per heavy atom. The van der Waals surface area contributed by atoms with Crippen molar-refractivity contribution in [1.29, 1.82) is 0 Å². The number of fused-ring (bicyclic) bond motifs is 1. The van der Waals surface area contributed by atoms with Crippen LogP contribution in [0.3, 0.4) is 0 Å². The quantitative estimate of drug-likeness (QED) is 0.787. The van der Waals surface area contributed by atoms with E-state index in [1.165, 1.54) is 4.90 Å². The van der Waals surface area contributed by atoms with Crippen molar-refractivity contribution < 1.29 is 13.9 Å². The van der Waals surface area contributed by atoms with E-state index in [0.29, 0.717) is 6.54 Å². The van der Waals surface area contributed by atoms with Crippen LogP contribution in [0.15, 0.2) is 30.3 Å². The lowest BCUT2D eigenvalue weighted by molar-refractivity contribution is 0.0701. The molecule has 0 N–H and O–H groups in total. The molecule has 90 valence electrons. The number of rotatable bonds is 2. The monoisotopic (exact) mass is 235 g/mol. The molecule has 1 aliphatic carbocycles. The average molecular weight is 235 g/mol. The first-order chi connectivity index (χ1) is 8.25. The van der Waals surface area contributed by atoms with Crippen molar-refractivity contribution in [2.24, 2.45) is 5.92 Å². The Morgan fingerprint density at radius 2 is 2.18 bits per heavy atom. The molecule has 4 heteroatoms. The zero-order valence-electron chi connectivity index (χ0n) is 9.38. The van der Waals surface area contributed by atoms with Crippen molar-refractivity contribution in [2.75, 3.05) is 6.54 Å². The van der Waals surface area contributed by atoms with Crippen LogP contribution in [-0.4, -0.2) is 29.8 Å². The van der Waals surface area contributed by atoms with Crippen LogP contribution in [-0.2, 0) is 11.3 Å². The minimum atomic E-state index is -0.834. The molecule has 0 spiro atoms. The molecule has 2 aliphatic heterocycles. The molecule has 0 unspecified atom stereocenters. The molecule has 17 heavy (non-hydrogen) atoms. The summed E-state index contributed by atoms with van der Waals surface area (Å²) in [7, 11) is 0. The average Bonchev–Trinajstić information content (AvgIpc) is 2.95. The number of carbonyl (C=O) groups is 1. The summed E-state index contributed by atoms with van der Waals surface area (Å²) in [6.45, 7) is 0.768. The van der Waals surface area contributed by atoms with Gasteiger partial charge < -0.3 is 9.64 Å². The first-order valence-electron chi connectivity index (χ1n) is 5.87. The first kappa shape index (κ1) is 10.6. The molecule has 1 aromatic carbocycles. The third-order valence-electron chi connectivity index (χ3n) is 3.63. The molecule has 2 bridgehead atoms. The second-order valence-corrected chi connectivity index (χ2v) is 4.70. The van der Waals surface area contributed by atoms with Gasteiger partial charge in [-0.3, -0.25) is 0 Å². The molecule has 2 heterocycles. The van der Waals surface area contributed by atoms with Crippen molar-refractivity contribution in [3.63, 3.8) is 0 Å². The number of benzene rings is 1. The molecule has 4 rings (SSSR count). The summed E-state index contributed by atoms with van der Waals surface area (Å²) in [5.74, 6) is 0.0456. The van der Waals surface area contributed by atoms with Gasteiger partial charge in [0.2, 0.25) is 0 Å². The number of alkyl halides is 1. The Bertz CT molecular complexity index is 423. The van der Waals surface area contributed by atoms with Gasteiger partial charge in [0.05, 0.1) is 6.04 Å². The summed E-state index contributed by atoms with van der Waals surface area (Å²) >= 11 is 0. The van der Waals surface area contributed by atoms with Crippen LogP contribution in [0.25, 0.3) is 0 Å². The molecule has 2 saturated heterocycles. The van der Waals surface area contributed by atoms with Gasteiger partial charge in [0.1, 0.15) is 12.8 Å². The number of carbonyl (C=O) groups excluding carboxylic acids is 1. The minimum absolute atomic E-state index is 0.0456. The fourth-order valence-corrected chi connectivity index (χ4v) is 2.56. The molecular weight excluding hydrogens is 221 g/mol. The molecule has 0 radical (unpaired) electrons. The predicted octanol–water partition coefficient (Wildman–Crippen LogP) is 2.37. The number of halogens is 1. The number of amides is 1. The normalized spacial score (nSPS) is 29.9. The van der Waals surface area contributed by atoms with E-state index in [0.717, 1.165) is 12.0 Å². The van der Waals surface area contributed by atoms with Crippen LogP contribution in [0.1, 0.15) is 12.0 Å². The fraction of sp³-hybridized carbons (Fsp3) is 0.462. The Kier molecular flexibility index (Phi) is 2.50. The van der Waals surface area contributed by atoms with E-state index >= 15 is 0 Å². The van der Waals surface area contributed by atoms with E-state index in [-0.39, 0.29) is 24.7 Å². The third-order valence-corrected chi connectivity index (χ3v) is 3.63. The maximum Gasteiger partial charge on any atom is 0.410 e. The highest BCUT2D eigenvalue weighted by atomic mass is 19.1. The van der Waals surface area contributed by atoms with Gasteiger partial charge in [-0.15, -0.1) is 0 Å². The van der Waals surface area contributed by atoms with E-state index in [1.807, 2.05) is 30.3 Å². The maximum absolute atomic E-state index is 13.3. The summed E-state index contributed by atoms with van der Waals surface area (Å²) in [5.41, 5.74) is 0.948. The molecule has 1 aromatic rings. The van der Waals surface area contributed by atoms with Crippen LogP contribution < -0.4 is 0 Å². The molecule has 3 nitrogen and oxygen atoms in total. The molecule has 3 aliphatic rings. The minimum Gasteiger partial charge on any atom is -0.445 e. The predicted molar refractivity (Wildman–Crippen MR) is 60.1 cm³/mol. The number of ether oxygens (including phenoxy) is 1. The Hall–Kier alpha value is -1.58. The molecule has 1 saturated carbocycles. The van der Waals surface area contributed by atoms with Gasteiger partial charge in [-0.1, -0.05) is 30.3 Å². The van der Waals surface area contributed by atoms with Gasteiger partial charge in [0.25, 0.3) is 0 Å². The van der Waals surface area contributed by atoms with Gasteiger partial charge in [-0.25, -0.2) is 9.18 Å². The zero-order chi connectivity index (χ0) is 11.8. The van der Waals surface area contributed by atoms with E-state index in [4.69, 9.17) is 4.74 Å². The van der Waals surface area contributed by atoms with E-state index in [9.17, 15) is 9.18 Å². The second-order valence-electron chi connectivity index (χ2n) is 4.70. The van der Waals surface area contributed by atoms with Gasteiger partial charge in [0.15, 0.2) is 0 Å². The molecule has 3 atom stereocenters. The summed E-state index contributed by atoms with van der Waals surface area (Å²) in [6, 6.07) is 9.27. The van der Waals surface area contributed by atoms with Crippen LogP contribution in [0.5, 0.6) is 0 Å². The number of hydrogen-bond donors (Lipinski definition) is 0. The Morgan fingerprint density at radius 3 is 2.76 bits per heavy atom. The standard InChI is InChI=1S/C13H14FNO2/c14-12-10-6-11(12)15(7-10)13(16)17-8-9-4-2-1-3-5-9/h1-5,10-12H,6-8H2/t10-,11-,12-/m1/s1. The smallest absolute Gasteiger partial charge is 0.410 e. The van der Waals surface area contributed by atoms with Gasteiger partial charge in [-0.2, -0.15) is 0 Å². The highest BCUT2D eigenvalue weighted by Gasteiger charge is 2.54. The number of hydrogen-bond acceptors (Lipinski definition) is 2. The molecular formula is C13H14FNO2. The lowest BCUT2D eigenvalue weighted by atomic mass is 9.84. The number of nitrogens with zero attached hydrogens (tertiary/aromatic N) is 1. The Labute approximate surface area is 99.2 Å². The maximum atomic E-state index is 13.3. The molecule has 0 aromatic heterocycles. The third kappa shape index (κ3) is 1.77. The van der Waals surface area contributed by atoms with Crippen LogP contribution in [0.2, 0.25) is 0 Å². The van der Waals surface area contributed by atoms with Crippen molar-refractivity contribution >= 4 is 6.09 Å². The zero-order valence-corrected chi connectivity index (χ0v) is 9.38. The van der Waals surface area contributed by atoms with Crippen LogP contribution in [0, 0.1) is 5.92 Å². The van der Waals surface area contributed by atoms with Crippen molar-refractivity contribution in [2.45, 2.75) is 25.2 Å². The van der Waals surface area contributed by atoms with E-state index in [1.54, 1.807) is 0 Å². The van der Waals surface area contributed by atoms with E-state index in [2.05, 4.69) is 0 Å². The SMILES string of the molecule is O=C(OCc1ccccc1)N1C[C@H]2C[C@@H]1[C@@H]2F. The summed E-state index contributed by atoms with van der Waals surface area (Å²) in [4.78, 5) is 13.3. The lowest BCUT2D eigenvalue weighted by Gasteiger charge is -2.29.